The van der Waals surface area contributed by atoms with Gasteiger partial charge in [0.2, 0.25) is 0 Å². The first-order valence-corrected chi connectivity index (χ1v) is 17.6. The molecule has 6 rings (SSSR count). The minimum absolute atomic E-state index is 0.0466. The Bertz CT molecular complexity index is 1390. The van der Waals surface area contributed by atoms with Crippen molar-refractivity contribution in [3.8, 4) is 0 Å². The summed E-state index contributed by atoms with van der Waals surface area (Å²) in [5, 5.41) is 1.40. The van der Waals surface area contributed by atoms with Crippen molar-refractivity contribution in [1.29, 1.82) is 0 Å². The number of halogens is 1. The second-order valence-electron chi connectivity index (χ2n) is 15.5. The number of para-hydroxylation sites is 1. The highest BCUT2D eigenvalue weighted by Gasteiger charge is 2.59. The molecule has 8 atom stereocenters. The lowest BCUT2D eigenvalue weighted by Gasteiger charge is -2.58. The van der Waals surface area contributed by atoms with Gasteiger partial charge in [-0.25, -0.2) is 9.78 Å². The van der Waals surface area contributed by atoms with Gasteiger partial charge in [-0.2, -0.15) is 0 Å². The van der Waals surface area contributed by atoms with Crippen molar-refractivity contribution < 1.29 is 9.53 Å². The average Bonchev–Trinajstić information content (AvgIpc) is 3.33. The van der Waals surface area contributed by atoms with E-state index in [1.54, 1.807) is 11.6 Å². The molecule has 4 aliphatic carbocycles. The number of pyridine rings is 1. The highest BCUT2D eigenvalue weighted by molar-refractivity contribution is 6.31. The largest absolute Gasteiger partial charge is 0.459 e. The first kappa shape index (κ1) is 30.9. The molecule has 1 heterocycles. The van der Waals surface area contributed by atoms with Gasteiger partial charge in [0.15, 0.2) is 0 Å². The molecule has 0 spiro atoms. The number of fused-ring (bicyclic) bond motifs is 6. The zero-order chi connectivity index (χ0) is 30.4. The van der Waals surface area contributed by atoms with E-state index in [2.05, 4.69) is 45.7 Å². The van der Waals surface area contributed by atoms with E-state index in [0.29, 0.717) is 10.6 Å². The Kier molecular flexibility index (Phi) is 8.86. The first-order chi connectivity index (χ1) is 20.6. The lowest BCUT2D eigenvalue weighted by Crippen LogP contribution is -2.51. The van der Waals surface area contributed by atoms with Crippen LogP contribution in [-0.2, 0) is 9.53 Å². The van der Waals surface area contributed by atoms with Crippen molar-refractivity contribution in [3.63, 3.8) is 0 Å². The van der Waals surface area contributed by atoms with Crippen LogP contribution in [0.3, 0.4) is 0 Å². The Morgan fingerprint density at radius 1 is 1.07 bits per heavy atom. The molecule has 2 aromatic rings. The molecule has 1 aromatic heterocycles. The molecule has 4 aliphatic rings. The summed E-state index contributed by atoms with van der Waals surface area (Å²) in [5.74, 6) is 4.74. The summed E-state index contributed by atoms with van der Waals surface area (Å²) in [7, 11) is 0. The fraction of sp³-hybridized carbons (Fsp3) is 0.641. The Morgan fingerprint density at radius 3 is 2.70 bits per heavy atom. The van der Waals surface area contributed by atoms with Crippen molar-refractivity contribution in [1.82, 2.24) is 4.98 Å². The minimum Gasteiger partial charge on any atom is -0.459 e. The highest BCUT2D eigenvalue weighted by atomic mass is 35.5. The molecular formula is C39H52ClNO2. The summed E-state index contributed by atoms with van der Waals surface area (Å²) >= 11 is 6.40. The number of allylic oxidation sites excluding steroid dienone is 1. The van der Waals surface area contributed by atoms with Crippen LogP contribution < -0.4 is 0 Å². The van der Waals surface area contributed by atoms with Gasteiger partial charge in [0.05, 0.1) is 5.52 Å². The molecule has 0 aliphatic heterocycles. The van der Waals surface area contributed by atoms with Crippen molar-refractivity contribution in [3.05, 3.63) is 58.8 Å². The van der Waals surface area contributed by atoms with E-state index in [1.165, 1.54) is 57.4 Å². The number of hydrogen-bond acceptors (Lipinski definition) is 3. The zero-order valence-corrected chi connectivity index (χ0v) is 27.8. The molecule has 4 heteroatoms. The summed E-state index contributed by atoms with van der Waals surface area (Å²) in [4.78, 5) is 17.3. The van der Waals surface area contributed by atoms with Crippen LogP contribution in [-0.4, -0.2) is 17.1 Å². The van der Waals surface area contributed by atoms with Gasteiger partial charge in [-0.1, -0.05) is 95.3 Å². The number of rotatable bonds is 8. The van der Waals surface area contributed by atoms with Gasteiger partial charge < -0.3 is 4.74 Å². The third-order valence-corrected chi connectivity index (χ3v) is 12.9. The van der Waals surface area contributed by atoms with Crippen molar-refractivity contribution >= 4 is 34.5 Å². The van der Waals surface area contributed by atoms with Crippen LogP contribution in [0.25, 0.3) is 17.0 Å². The maximum Gasteiger partial charge on any atom is 0.331 e. The van der Waals surface area contributed by atoms with Gasteiger partial charge in [0, 0.05) is 23.4 Å². The van der Waals surface area contributed by atoms with Crippen LogP contribution in [0.2, 0.25) is 5.15 Å². The number of carbonyl (C=O) groups excluding carboxylic acids is 1. The number of ether oxygens (including phenoxy) is 1. The molecule has 0 saturated heterocycles. The van der Waals surface area contributed by atoms with Crippen molar-refractivity contribution in [2.75, 3.05) is 0 Å². The molecule has 1 aromatic carbocycles. The molecule has 43 heavy (non-hydrogen) atoms. The van der Waals surface area contributed by atoms with E-state index in [9.17, 15) is 4.79 Å². The summed E-state index contributed by atoms with van der Waals surface area (Å²) in [6.07, 6.45) is 19.8. The topological polar surface area (TPSA) is 39.2 Å². The van der Waals surface area contributed by atoms with Gasteiger partial charge in [0.1, 0.15) is 11.3 Å². The van der Waals surface area contributed by atoms with Crippen LogP contribution in [0.5, 0.6) is 0 Å². The predicted molar refractivity (Wildman–Crippen MR) is 179 cm³/mol. The fourth-order valence-corrected chi connectivity index (χ4v) is 10.5. The van der Waals surface area contributed by atoms with Gasteiger partial charge in [-0.05, 0) is 109 Å². The van der Waals surface area contributed by atoms with Gasteiger partial charge >= 0.3 is 5.97 Å². The number of benzene rings is 1. The molecular weight excluding hydrogens is 550 g/mol. The number of aromatic nitrogens is 1. The van der Waals surface area contributed by atoms with Gasteiger partial charge in [-0.3, -0.25) is 0 Å². The quantitative estimate of drug-likeness (QED) is 0.131. The van der Waals surface area contributed by atoms with E-state index in [-0.39, 0.29) is 17.5 Å². The molecule has 232 valence electrons. The Labute approximate surface area is 264 Å². The predicted octanol–water partition coefficient (Wildman–Crippen LogP) is 10.9. The standard InChI is InChI=1S/C39H52ClNO2/c1-25(2)9-8-10-26(3)32-16-17-33-31-15-14-29-24-30(19-21-38(29,4)34(31)20-22-39(32,33)5)43-36(42)18-13-28-23-27-11-6-7-12-35(27)41-37(28)40/h6-7,11-14,18,23,25-26,30-34H,8-10,15-17,19-22,24H2,1-5H3/b18-13+. The second kappa shape index (κ2) is 12.3. The first-order valence-electron chi connectivity index (χ1n) is 17.2. The molecule has 3 fully saturated rings. The monoisotopic (exact) mass is 601 g/mol. The molecule has 3 nitrogen and oxygen atoms in total. The second-order valence-corrected chi connectivity index (χ2v) is 15.8. The van der Waals surface area contributed by atoms with Crippen LogP contribution in [0.15, 0.2) is 48.1 Å². The SMILES string of the molecule is CC(C)CCCC(C)C1CCC2C3CC=C4CC(OC(=O)/C=C/c5cc6ccccc6nc5Cl)CCC4(C)C3CCC12C. The van der Waals surface area contributed by atoms with Crippen LogP contribution in [0, 0.1) is 46.3 Å². The third kappa shape index (κ3) is 5.97. The number of esters is 1. The molecule has 0 bridgehead atoms. The Hall–Kier alpha value is -2.13. The Morgan fingerprint density at radius 2 is 1.88 bits per heavy atom. The summed E-state index contributed by atoms with van der Waals surface area (Å²) < 4.78 is 6.01. The van der Waals surface area contributed by atoms with Crippen LogP contribution >= 0.6 is 11.6 Å². The molecule has 0 amide bonds. The van der Waals surface area contributed by atoms with E-state index in [4.69, 9.17) is 16.3 Å². The van der Waals surface area contributed by atoms with Crippen molar-refractivity contribution in [2.45, 2.75) is 111 Å². The highest BCUT2D eigenvalue weighted by Crippen LogP contribution is 2.67. The number of carbonyl (C=O) groups is 1. The fourth-order valence-electron chi connectivity index (χ4n) is 10.3. The molecule has 0 N–H and O–H groups in total. The Balaban J connectivity index is 1.09. The zero-order valence-electron chi connectivity index (χ0n) is 27.1. The van der Waals surface area contributed by atoms with E-state index >= 15 is 0 Å². The molecule has 0 radical (unpaired) electrons. The maximum atomic E-state index is 12.9. The van der Waals surface area contributed by atoms with Gasteiger partial charge in [-0.15, -0.1) is 0 Å². The number of hydrogen-bond donors (Lipinski definition) is 0. The summed E-state index contributed by atoms with van der Waals surface area (Å²) in [5.41, 5.74) is 3.92. The normalized spacial score (nSPS) is 34.5. The number of nitrogens with zero attached hydrogens (tertiary/aromatic N) is 1. The molecule has 8 unspecified atom stereocenters. The third-order valence-electron chi connectivity index (χ3n) is 12.6. The minimum atomic E-state index is -0.292. The van der Waals surface area contributed by atoms with Gasteiger partial charge in [0.25, 0.3) is 0 Å². The van der Waals surface area contributed by atoms with E-state index in [1.807, 2.05) is 30.3 Å². The van der Waals surface area contributed by atoms with Crippen molar-refractivity contribution in [2.24, 2.45) is 46.3 Å². The average molecular weight is 602 g/mol. The smallest absolute Gasteiger partial charge is 0.331 e. The summed E-state index contributed by atoms with van der Waals surface area (Å²) in [6, 6.07) is 9.84. The van der Waals surface area contributed by atoms with E-state index < -0.39 is 0 Å². The van der Waals surface area contributed by atoms with Crippen LogP contribution in [0.4, 0.5) is 0 Å². The molecule has 3 saturated carbocycles. The van der Waals surface area contributed by atoms with E-state index in [0.717, 1.165) is 71.2 Å². The summed E-state index contributed by atoms with van der Waals surface area (Å²) in [6.45, 7) is 12.5. The maximum absolute atomic E-state index is 12.9. The van der Waals surface area contributed by atoms with Crippen LogP contribution in [0.1, 0.15) is 111 Å². The lowest BCUT2D eigenvalue weighted by molar-refractivity contribution is -0.145. The lowest BCUT2D eigenvalue weighted by atomic mass is 9.47.